The lowest BCUT2D eigenvalue weighted by atomic mass is 9.65. The molecule has 8 rings (SSSR count). The number of fused-ring (bicyclic) bond motifs is 3. The van der Waals surface area contributed by atoms with E-state index in [0.29, 0.717) is 36.5 Å². The van der Waals surface area contributed by atoms with Gasteiger partial charge in [-0.3, -0.25) is 0 Å². The Morgan fingerprint density at radius 1 is 0.979 bits per heavy atom. The molecule has 48 heavy (non-hydrogen) atoms. The number of aromatic nitrogens is 1. The summed E-state index contributed by atoms with van der Waals surface area (Å²) in [6, 6.07) is 10.1. The van der Waals surface area contributed by atoms with Crippen molar-refractivity contribution >= 4 is 0 Å². The molecule has 2 aliphatic heterocycles. The van der Waals surface area contributed by atoms with E-state index in [4.69, 9.17) is 9.47 Å². The number of benzene rings is 2. The van der Waals surface area contributed by atoms with Crippen LogP contribution < -0.4 is 10.1 Å². The molecule has 2 aromatic carbocycles. The number of hydrogen-bond donors (Lipinski definition) is 6. The van der Waals surface area contributed by atoms with Crippen LogP contribution in [0.25, 0.3) is 0 Å². The zero-order valence-corrected chi connectivity index (χ0v) is 27.4. The second-order valence-electron chi connectivity index (χ2n) is 14.5. The average molecular weight is 651 g/mol. The molecule has 0 unspecified atom stereocenters. The van der Waals surface area contributed by atoms with Gasteiger partial charge in [0, 0.05) is 60.8 Å². The van der Waals surface area contributed by atoms with Gasteiger partial charge in [-0.2, -0.15) is 0 Å². The summed E-state index contributed by atoms with van der Waals surface area (Å²) in [6.07, 6.45) is 19.7. The predicted octanol–water partition coefficient (Wildman–Crippen LogP) is 6.64. The van der Waals surface area contributed by atoms with Gasteiger partial charge in [0.05, 0.1) is 25.4 Å². The first-order valence-corrected chi connectivity index (χ1v) is 17.6. The van der Waals surface area contributed by atoms with Crippen molar-refractivity contribution in [1.82, 2.24) is 10.3 Å². The molecule has 8 heteroatoms. The van der Waals surface area contributed by atoms with Gasteiger partial charge in [0.15, 0.2) is 11.5 Å². The molecule has 9 atom stereocenters. The van der Waals surface area contributed by atoms with Gasteiger partial charge in [-0.1, -0.05) is 42.5 Å². The smallest absolute Gasteiger partial charge is 0.200 e. The van der Waals surface area contributed by atoms with E-state index in [0.717, 1.165) is 60.9 Å². The second-order valence-corrected chi connectivity index (χ2v) is 14.5. The van der Waals surface area contributed by atoms with Crippen LogP contribution in [0.1, 0.15) is 84.3 Å². The third kappa shape index (κ3) is 5.63. The molecule has 0 amide bonds. The van der Waals surface area contributed by atoms with Gasteiger partial charge >= 0.3 is 0 Å². The summed E-state index contributed by atoms with van der Waals surface area (Å²) in [7, 11) is 1.48. The van der Waals surface area contributed by atoms with E-state index in [1.165, 1.54) is 18.2 Å². The van der Waals surface area contributed by atoms with Crippen LogP contribution in [0, 0.1) is 17.8 Å². The van der Waals surface area contributed by atoms with Crippen molar-refractivity contribution in [3.63, 3.8) is 0 Å². The van der Waals surface area contributed by atoms with Crippen LogP contribution in [0.4, 0.5) is 0 Å². The number of allylic oxidation sites excluding steroid dienone is 3. The van der Waals surface area contributed by atoms with Gasteiger partial charge in [-0.25, -0.2) is 0 Å². The molecule has 3 aromatic rings. The van der Waals surface area contributed by atoms with Crippen LogP contribution in [0.3, 0.4) is 0 Å². The molecule has 0 bridgehead atoms. The van der Waals surface area contributed by atoms with Gasteiger partial charge in [0.2, 0.25) is 5.75 Å². The van der Waals surface area contributed by atoms with E-state index in [-0.39, 0.29) is 41.1 Å². The third-order valence-corrected chi connectivity index (χ3v) is 11.8. The fourth-order valence-electron chi connectivity index (χ4n) is 9.40. The summed E-state index contributed by atoms with van der Waals surface area (Å²) in [5.74, 6) is 1.27. The van der Waals surface area contributed by atoms with E-state index in [9.17, 15) is 20.4 Å². The highest BCUT2D eigenvalue weighted by atomic mass is 16.5. The Morgan fingerprint density at radius 2 is 1.88 bits per heavy atom. The molecule has 1 saturated carbocycles. The van der Waals surface area contributed by atoms with Crippen LogP contribution >= 0.6 is 0 Å². The van der Waals surface area contributed by atoms with Crippen LogP contribution in [0.2, 0.25) is 0 Å². The topological polar surface area (TPSA) is 127 Å². The second kappa shape index (κ2) is 12.8. The molecular weight excluding hydrogens is 604 g/mol. The standard InChI is InChI=1S/C40H46N2O6/c1-47-40-32(14-22-11-13-41-21-22)31(19-36(45)39(40)46)38-20-35(44)28-9-7-24(18-37(28)48-38)23-8-10-34(43)30(15-23)27-6-2-4-25-17-33-26(16-29(25)27)5-3-12-42-33/h2-3,5-6,8,10-11,13,15-16,19,21,24-25,27-29,33,35,37-38,41-46H,4,7,9,12,14,17-18,20H2,1H3/t24-,25+,27+,28-,29+,33-,35-,37-,38-/m0/s1. The average Bonchev–Trinajstić information content (AvgIpc) is 3.62. The Kier molecular flexibility index (Phi) is 8.35. The summed E-state index contributed by atoms with van der Waals surface area (Å²) in [4.78, 5) is 3.08. The molecule has 0 spiro atoms. The Bertz CT molecular complexity index is 1740. The van der Waals surface area contributed by atoms with Gasteiger partial charge in [0.25, 0.3) is 0 Å². The number of phenolic OH excluding ortho intramolecular Hbond substituents is 3. The molecule has 0 radical (unpaired) electrons. The van der Waals surface area contributed by atoms with Crippen LogP contribution in [0.5, 0.6) is 23.0 Å². The highest BCUT2D eigenvalue weighted by Gasteiger charge is 2.44. The Morgan fingerprint density at radius 3 is 2.71 bits per heavy atom. The van der Waals surface area contributed by atoms with Crippen molar-refractivity contribution in [3.05, 3.63) is 106 Å². The van der Waals surface area contributed by atoms with Crippen LogP contribution in [0.15, 0.2) is 78.7 Å². The number of aliphatic hydroxyl groups is 1. The summed E-state index contributed by atoms with van der Waals surface area (Å²) in [5.41, 5.74) is 6.03. The first-order valence-electron chi connectivity index (χ1n) is 17.6. The maximum atomic E-state index is 11.5. The van der Waals surface area contributed by atoms with Crippen molar-refractivity contribution in [2.45, 2.75) is 81.1 Å². The maximum absolute atomic E-state index is 11.5. The molecule has 3 heterocycles. The Hall–Kier alpha value is -3.98. The Balaban J connectivity index is 1.06. The normalized spacial score (nSPS) is 32.5. The number of aromatic hydroxyl groups is 3. The van der Waals surface area contributed by atoms with Gasteiger partial charge in [-0.15, -0.1) is 0 Å². The predicted molar refractivity (Wildman–Crippen MR) is 183 cm³/mol. The van der Waals surface area contributed by atoms with E-state index < -0.39 is 12.2 Å². The molecule has 6 N–H and O–H groups in total. The number of nitrogens with one attached hydrogen (secondary N) is 2. The largest absolute Gasteiger partial charge is 0.508 e. The van der Waals surface area contributed by atoms with Crippen molar-refractivity contribution < 1.29 is 29.9 Å². The quantitative estimate of drug-likeness (QED) is 0.130. The monoisotopic (exact) mass is 650 g/mol. The zero-order chi connectivity index (χ0) is 32.9. The highest BCUT2D eigenvalue weighted by Crippen LogP contribution is 2.51. The summed E-state index contributed by atoms with van der Waals surface area (Å²) in [6.45, 7) is 0.923. The molecule has 1 aromatic heterocycles. The summed E-state index contributed by atoms with van der Waals surface area (Å²) < 4.78 is 12.4. The number of methoxy groups -OCH3 is 1. The molecule has 5 aliphatic rings. The van der Waals surface area contributed by atoms with Gasteiger partial charge in [0.1, 0.15) is 5.75 Å². The van der Waals surface area contributed by atoms with E-state index >= 15 is 0 Å². The van der Waals surface area contributed by atoms with E-state index in [2.05, 4.69) is 52.8 Å². The van der Waals surface area contributed by atoms with Crippen LogP contribution in [-0.2, 0) is 11.2 Å². The first kappa shape index (κ1) is 31.3. The molecule has 252 valence electrons. The fraction of sp³-hybridized carbons (Fsp3) is 0.450. The molecule has 8 nitrogen and oxygen atoms in total. The molecule has 1 saturated heterocycles. The lowest BCUT2D eigenvalue weighted by molar-refractivity contribution is -0.154. The number of H-pyrrole nitrogens is 1. The lowest BCUT2D eigenvalue weighted by Gasteiger charge is -2.45. The number of rotatable bonds is 6. The molecular formula is C40H46N2O6. The minimum Gasteiger partial charge on any atom is -0.508 e. The van der Waals surface area contributed by atoms with Crippen molar-refractivity contribution in [2.24, 2.45) is 17.8 Å². The fourth-order valence-corrected chi connectivity index (χ4v) is 9.40. The molecule has 2 fully saturated rings. The zero-order valence-electron chi connectivity index (χ0n) is 27.4. The minimum atomic E-state index is -0.553. The highest BCUT2D eigenvalue weighted by molar-refractivity contribution is 5.59. The summed E-state index contributed by atoms with van der Waals surface area (Å²) in [5, 5.41) is 47.7. The third-order valence-electron chi connectivity index (χ3n) is 11.8. The van der Waals surface area contributed by atoms with Crippen molar-refractivity contribution in [1.29, 1.82) is 0 Å². The number of aromatic amines is 1. The number of ether oxygens (including phenoxy) is 2. The van der Waals surface area contributed by atoms with E-state index in [1.54, 1.807) is 6.07 Å². The minimum absolute atomic E-state index is 0.0239. The molecule has 3 aliphatic carbocycles. The SMILES string of the molecule is COc1c(O)c(O)cc([C@@H]2C[C@H](O)[C@@H]3CC[C@H](c4ccc(O)c([C@@H]5C=CC[C@@H]6C[C@@H]7NCC=CC7=C[C@H]65)c4)C[C@@H]3O2)c1Cc1cc[nH]c1. The van der Waals surface area contributed by atoms with Gasteiger partial charge in [-0.05, 0) is 90.3 Å². The van der Waals surface area contributed by atoms with Gasteiger partial charge < -0.3 is 40.2 Å². The van der Waals surface area contributed by atoms with Crippen LogP contribution in [-0.4, -0.2) is 57.3 Å². The summed E-state index contributed by atoms with van der Waals surface area (Å²) >= 11 is 0. The van der Waals surface area contributed by atoms with E-state index in [1.807, 2.05) is 24.5 Å². The number of phenols is 3. The number of hydrogen-bond acceptors (Lipinski definition) is 7. The lowest BCUT2D eigenvalue weighted by Crippen LogP contribution is -2.44. The Labute approximate surface area is 281 Å². The first-order chi connectivity index (χ1) is 23.4. The van der Waals surface area contributed by atoms with Crippen molar-refractivity contribution in [2.75, 3.05) is 13.7 Å². The number of aliphatic hydroxyl groups excluding tert-OH is 1. The van der Waals surface area contributed by atoms with Crippen molar-refractivity contribution in [3.8, 4) is 23.0 Å². The maximum Gasteiger partial charge on any atom is 0.200 e.